The maximum absolute atomic E-state index is 9.32. The molecule has 38 heavy (non-hydrogen) atoms. The van der Waals surface area contributed by atoms with Crippen LogP contribution in [-0.4, -0.2) is 0 Å². The largest absolute Gasteiger partial charge is 0.461 e. The summed E-state index contributed by atoms with van der Waals surface area (Å²) in [7, 11) is 0. The minimum Gasteiger partial charge on any atom is -0.461 e. The molecule has 4 rings (SSSR count). The molecule has 0 unspecified atom stereocenters. The summed E-state index contributed by atoms with van der Waals surface area (Å²) in [6.07, 6.45) is 11.2. The maximum Gasteiger partial charge on any atom is 0.269 e. The van der Waals surface area contributed by atoms with Gasteiger partial charge in [0.2, 0.25) is 0 Å². The SMILES string of the molecule is [C-]#[N+]C(C#N)=C1C=C(C=CC=Cc2ccc(N(c3ccccc3)c3ccccc3)cc2)OC(C(C)(C)C)=C1. The number of nitrogens with zero attached hydrogens (tertiary/aromatic N) is 3. The summed E-state index contributed by atoms with van der Waals surface area (Å²) in [4.78, 5) is 5.58. The molecule has 1 heterocycles. The van der Waals surface area contributed by atoms with Gasteiger partial charge in [0.05, 0.1) is 12.6 Å². The lowest BCUT2D eigenvalue weighted by Gasteiger charge is -2.26. The number of para-hydroxylation sites is 2. The lowest BCUT2D eigenvalue weighted by atomic mass is 9.91. The molecule has 3 aromatic carbocycles. The van der Waals surface area contributed by atoms with E-state index in [0.29, 0.717) is 17.1 Å². The summed E-state index contributed by atoms with van der Waals surface area (Å²) in [5.41, 5.74) is 4.70. The Labute approximate surface area is 225 Å². The number of rotatable bonds is 6. The van der Waals surface area contributed by atoms with E-state index in [4.69, 9.17) is 11.3 Å². The third kappa shape index (κ3) is 6.38. The predicted octanol–water partition coefficient (Wildman–Crippen LogP) is 9.27. The first-order chi connectivity index (χ1) is 18.4. The van der Waals surface area contributed by atoms with Crippen molar-refractivity contribution in [2.24, 2.45) is 5.41 Å². The van der Waals surface area contributed by atoms with E-state index in [1.807, 2.05) is 87.5 Å². The summed E-state index contributed by atoms with van der Waals surface area (Å²) >= 11 is 0. The monoisotopic (exact) mass is 495 g/mol. The highest BCUT2D eigenvalue weighted by Crippen LogP contribution is 2.35. The van der Waals surface area contributed by atoms with E-state index in [0.717, 1.165) is 22.6 Å². The molecule has 0 atom stereocenters. The third-order valence-electron chi connectivity index (χ3n) is 5.88. The first-order valence-electron chi connectivity index (χ1n) is 12.4. The van der Waals surface area contributed by atoms with E-state index in [2.05, 4.69) is 58.3 Å². The highest BCUT2D eigenvalue weighted by atomic mass is 16.5. The van der Waals surface area contributed by atoms with Crippen molar-refractivity contribution in [3.8, 4) is 6.07 Å². The number of benzene rings is 3. The quantitative estimate of drug-likeness (QED) is 0.194. The number of hydrogen-bond donors (Lipinski definition) is 0. The van der Waals surface area contributed by atoms with E-state index >= 15 is 0 Å². The van der Waals surface area contributed by atoms with Crippen molar-refractivity contribution < 1.29 is 4.74 Å². The molecule has 0 spiro atoms. The lowest BCUT2D eigenvalue weighted by molar-refractivity contribution is 0.223. The minimum absolute atomic E-state index is 0.0524. The molecule has 0 radical (unpaired) electrons. The van der Waals surface area contributed by atoms with Gasteiger partial charge >= 0.3 is 0 Å². The van der Waals surface area contributed by atoms with E-state index in [1.165, 1.54) is 0 Å². The molecule has 0 bridgehead atoms. The van der Waals surface area contributed by atoms with Gasteiger partial charge in [-0.2, -0.15) is 0 Å². The normalized spacial score (nSPS) is 14.8. The fraction of sp³-hybridized carbons (Fsp3) is 0.118. The van der Waals surface area contributed by atoms with Gasteiger partial charge in [-0.3, -0.25) is 0 Å². The van der Waals surface area contributed by atoms with Crippen LogP contribution >= 0.6 is 0 Å². The van der Waals surface area contributed by atoms with Crippen LogP contribution in [0.15, 0.2) is 138 Å². The van der Waals surface area contributed by atoms with Gasteiger partial charge in [-0.1, -0.05) is 87.5 Å². The molecule has 4 heteroatoms. The van der Waals surface area contributed by atoms with E-state index in [-0.39, 0.29) is 11.1 Å². The van der Waals surface area contributed by atoms with Crippen LogP contribution < -0.4 is 4.90 Å². The smallest absolute Gasteiger partial charge is 0.269 e. The maximum atomic E-state index is 9.32. The van der Waals surface area contributed by atoms with Gasteiger partial charge in [-0.05, 0) is 65.8 Å². The molecule has 0 amide bonds. The Kier molecular flexibility index (Phi) is 8.07. The fourth-order valence-electron chi connectivity index (χ4n) is 3.92. The zero-order valence-corrected chi connectivity index (χ0v) is 21.8. The second-order valence-corrected chi connectivity index (χ2v) is 9.75. The predicted molar refractivity (Wildman–Crippen MR) is 155 cm³/mol. The van der Waals surface area contributed by atoms with Crippen molar-refractivity contribution in [2.75, 3.05) is 4.90 Å². The van der Waals surface area contributed by atoms with Crippen LogP contribution in [0.2, 0.25) is 0 Å². The zero-order chi connectivity index (χ0) is 27.0. The average molecular weight is 496 g/mol. The Morgan fingerprint density at radius 3 is 1.89 bits per heavy atom. The second kappa shape index (κ2) is 11.8. The van der Waals surface area contributed by atoms with Gasteiger partial charge in [0.1, 0.15) is 11.5 Å². The molecule has 0 aliphatic carbocycles. The molecule has 3 aromatic rings. The van der Waals surface area contributed by atoms with Crippen LogP contribution in [0.5, 0.6) is 0 Å². The van der Waals surface area contributed by atoms with Crippen LogP contribution in [0.25, 0.3) is 10.9 Å². The Bertz CT molecular complexity index is 1450. The van der Waals surface area contributed by atoms with Crippen molar-refractivity contribution >= 4 is 23.1 Å². The van der Waals surface area contributed by atoms with Crippen molar-refractivity contribution in [3.63, 3.8) is 0 Å². The highest BCUT2D eigenvalue weighted by Gasteiger charge is 2.23. The molecular formula is C34H29N3O. The fourth-order valence-corrected chi connectivity index (χ4v) is 3.92. The summed E-state index contributed by atoms with van der Waals surface area (Å²) < 4.78 is 6.05. The van der Waals surface area contributed by atoms with Crippen LogP contribution in [0, 0.1) is 23.3 Å². The lowest BCUT2D eigenvalue weighted by Crippen LogP contribution is -2.14. The van der Waals surface area contributed by atoms with Crippen molar-refractivity contribution in [2.45, 2.75) is 20.8 Å². The molecular weight excluding hydrogens is 466 g/mol. The van der Waals surface area contributed by atoms with Crippen LogP contribution in [0.1, 0.15) is 26.3 Å². The van der Waals surface area contributed by atoms with Crippen LogP contribution in [0.4, 0.5) is 17.1 Å². The van der Waals surface area contributed by atoms with Crippen LogP contribution in [0.3, 0.4) is 0 Å². The van der Waals surface area contributed by atoms with Crippen molar-refractivity contribution in [1.29, 1.82) is 5.26 Å². The Hall–Kier alpha value is -5.06. The summed E-state index contributed by atoms with van der Waals surface area (Å²) in [6, 6.07) is 31.0. The zero-order valence-electron chi connectivity index (χ0n) is 21.8. The molecule has 1 aliphatic rings. The van der Waals surface area contributed by atoms with Gasteiger partial charge in [-0.15, -0.1) is 0 Å². The number of hydrogen-bond acceptors (Lipinski definition) is 3. The summed E-state index contributed by atoms with van der Waals surface area (Å²) in [5.74, 6) is 1.30. The Balaban J connectivity index is 1.53. The highest BCUT2D eigenvalue weighted by molar-refractivity contribution is 5.76. The summed E-state index contributed by atoms with van der Waals surface area (Å²) in [5, 5.41) is 9.32. The number of anilines is 3. The summed E-state index contributed by atoms with van der Waals surface area (Å²) in [6.45, 7) is 13.4. The van der Waals surface area contributed by atoms with Gasteiger partial charge in [0, 0.05) is 22.5 Å². The number of nitriles is 1. The first kappa shape index (κ1) is 26.0. The second-order valence-electron chi connectivity index (χ2n) is 9.75. The molecule has 0 saturated heterocycles. The van der Waals surface area contributed by atoms with Gasteiger partial charge in [0.15, 0.2) is 0 Å². The molecule has 4 nitrogen and oxygen atoms in total. The molecule has 1 aliphatic heterocycles. The van der Waals surface area contributed by atoms with Gasteiger partial charge in [0.25, 0.3) is 5.70 Å². The number of allylic oxidation sites excluding steroid dienone is 8. The van der Waals surface area contributed by atoms with E-state index in [1.54, 1.807) is 12.2 Å². The Morgan fingerprint density at radius 1 is 0.816 bits per heavy atom. The van der Waals surface area contributed by atoms with Crippen molar-refractivity contribution in [3.05, 3.63) is 155 Å². The van der Waals surface area contributed by atoms with E-state index < -0.39 is 0 Å². The molecule has 0 aromatic heterocycles. The first-order valence-corrected chi connectivity index (χ1v) is 12.4. The van der Waals surface area contributed by atoms with E-state index in [9.17, 15) is 5.26 Å². The van der Waals surface area contributed by atoms with Crippen molar-refractivity contribution in [1.82, 2.24) is 0 Å². The minimum atomic E-state index is -0.258. The Morgan fingerprint density at radius 2 is 1.37 bits per heavy atom. The molecule has 186 valence electrons. The third-order valence-corrected chi connectivity index (χ3v) is 5.88. The van der Waals surface area contributed by atoms with Gasteiger partial charge in [-0.25, -0.2) is 10.1 Å². The number of ether oxygens (including phenoxy) is 1. The standard InChI is InChI=1S/C34H29N3O/c1-34(2,3)33-24-27(32(25-35)36-4)23-31(38-33)18-12-11-13-26-19-21-30(22-20-26)37(28-14-7-5-8-15-28)29-16-9-6-10-17-29/h5-24H,1-3H3. The molecule has 0 fully saturated rings. The van der Waals surface area contributed by atoms with Gasteiger partial charge < -0.3 is 9.64 Å². The average Bonchev–Trinajstić information content (AvgIpc) is 2.93. The topological polar surface area (TPSA) is 40.6 Å². The molecule has 0 saturated carbocycles. The van der Waals surface area contributed by atoms with Crippen LogP contribution in [-0.2, 0) is 4.74 Å². The molecule has 0 N–H and O–H groups in total.